The molecule has 0 radical (unpaired) electrons. The second-order valence-corrected chi connectivity index (χ2v) is 3.43. The molecule has 12 heavy (non-hydrogen) atoms. The Balaban J connectivity index is 3.07. The molecule has 0 aliphatic heterocycles. The van der Waals surface area contributed by atoms with Crippen molar-refractivity contribution in [2.24, 2.45) is 0 Å². The molecule has 2 nitrogen and oxygen atoms in total. The molecule has 68 valence electrons. The summed E-state index contributed by atoms with van der Waals surface area (Å²) in [5.41, 5.74) is 2.43. The average Bonchev–Trinajstić information content (AvgIpc) is 2.46. The Hall–Kier alpha value is -0.500. The van der Waals surface area contributed by atoms with Crippen molar-refractivity contribution in [3.63, 3.8) is 0 Å². The lowest BCUT2D eigenvalue weighted by Gasteiger charge is -2.09. The fourth-order valence-electron chi connectivity index (χ4n) is 1.46. The Bertz CT molecular complexity index is 232. The molecule has 1 aromatic rings. The van der Waals surface area contributed by atoms with Crippen molar-refractivity contribution in [3.05, 3.63) is 17.5 Å². The Morgan fingerprint density at radius 1 is 1.58 bits per heavy atom. The van der Waals surface area contributed by atoms with Crippen LogP contribution in [0.15, 0.2) is 6.20 Å². The van der Waals surface area contributed by atoms with E-state index in [0.29, 0.717) is 11.8 Å². The quantitative estimate of drug-likeness (QED) is 0.664. The average molecular weight is 187 g/mol. The second kappa shape index (κ2) is 3.94. The summed E-state index contributed by atoms with van der Waals surface area (Å²) in [6.07, 6.45) is 1.87. The molecule has 1 aromatic heterocycles. The molecule has 0 aliphatic rings. The molecule has 0 aliphatic carbocycles. The topological polar surface area (TPSA) is 17.8 Å². The van der Waals surface area contributed by atoms with Crippen LogP contribution < -0.4 is 0 Å². The fourth-order valence-corrected chi connectivity index (χ4v) is 1.66. The third-order valence-electron chi connectivity index (χ3n) is 1.95. The number of hydrogen-bond acceptors (Lipinski definition) is 1. The van der Waals surface area contributed by atoms with Crippen LogP contribution in [0.3, 0.4) is 0 Å². The number of aromatic nitrogens is 2. The van der Waals surface area contributed by atoms with Crippen LogP contribution in [0.4, 0.5) is 0 Å². The maximum Gasteiger partial charge on any atom is 0.0536 e. The van der Waals surface area contributed by atoms with Gasteiger partial charge in [-0.2, -0.15) is 5.10 Å². The molecule has 1 rings (SSSR count). The standard InChI is InChI=1S/C9H15ClN2/c1-4-12-9(7(2)3)8(5-10)6-11-12/h6-7H,4-5H2,1-3H3. The van der Waals surface area contributed by atoms with E-state index in [4.69, 9.17) is 11.6 Å². The van der Waals surface area contributed by atoms with Crippen molar-refractivity contribution in [1.82, 2.24) is 9.78 Å². The van der Waals surface area contributed by atoms with E-state index < -0.39 is 0 Å². The third-order valence-corrected chi connectivity index (χ3v) is 2.24. The summed E-state index contributed by atoms with van der Waals surface area (Å²) >= 11 is 5.79. The molecule has 0 atom stereocenters. The van der Waals surface area contributed by atoms with Crippen molar-refractivity contribution < 1.29 is 0 Å². The number of alkyl halides is 1. The minimum Gasteiger partial charge on any atom is -0.269 e. The van der Waals surface area contributed by atoms with Crippen LogP contribution in [0, 0.1) is 0 Å². The molecule has 0 saturated carbocycles. The molecule has 0 fully saturated rings. The number of nitrogens with zero attached hydrogens (tertiary/aromatic N) is 2. The summed E-state index contributed by atoms with van der Waals surface area (Å²) in [7, 11) is 0. The van der Waals surface area contributed by atoms with E-state index in [1.807, 2.05) is 10.9 Å². The third kappa shape index (κ3) is 1.63. The lowest BCUT2D eigenvalue weighted by Crippen LogP contribution is -2.05. The van der Waals surface area contributed by atoms with Crippen LogP contribution in [0.1, 0.15) is 37.9 Å². The maximum atomic E-state index is 5.79. The van der Waals surface area contributed by atoms with E-state index in [9.17, 15) is 0 Å². The Morgan fingerprint density at radius 3 is 2.67 bits per heavy atom. The van der Waals surface area contributed by atoms with Gasteiger partial charge in [0.05, 0.1) is 12.1 Å². The minimum absolute atomic E-state index is 0.501. The van der Waals surface area contributed by atoms with Crippen LogP contribution in [0.2, 0.25) is 0 Å². The molecule has 1 heterocycles. The molecule has 0 unspecified atom stereocenters. The summed E-state index contributed by atoms with van der Waals surface area (Å²) < 4.78 is 2.02. The van der Waals surface area contributed by atoms with Crippen LogP contribution in [0.5, 0.6) is 0 Å². The Kier molecular flexibility index (Phi) is 3.15. The Labute approximate surface area is 78.5 Å². The van der Waals surface area contributed by atoms with E-state index in [2.05, 4.69) is 25.9 Å². The van der Waals surface area contributed by atoms with Crippen molar-refractivity contribution in [2.75, 3.05) is 0 Å². The van der Waals surface area contributed by atoms with Gasteiger partial charge in [-0.1, -0.05) is 13.8 Å². The zero-order valence-electron chi connectivity index (χ0n) is 7.84. The van der Waals surface area contributed by atoms with Crippen molar-refractivity contribution in [1.29, 1.82) is 0 Å². The highest BCUT2D eigenvalue weighted by molar-refractivity contribution is 6.17. The zero-order valence-corrected chi connectivity index (χ0v) is 8.60. The molecule has 0 spiro atoms. The highest BCUT2D eigenvalue weighted by atomic mass is 35.5. The van der Waals surface area contributed by atoms with Gasteiger partial charge in [0.1, 0.15) is 0 Å². The first-order valence-corrected chi connectivity index (χ1v) is 4.84. The van der Waals surface area contributed by atoms with Crippen LogP contribution in [-0.2, 0) is 12.4 Å². The minimum atomic E-state index is 0.501. The molecule has 0 bridgehead atoms. The molecule has 0 amide bonds. The van der Waals surface area contributed by atoms with Gasteiger partial charge in [0.25, 0.3) is 0 Å². The zero-order chi connectivity index (χ0) is 9.14. The van der Waals surface area contributed by atoms with Crippen molar-refractivity contribution in [2.45, 2.75) is 39.1 Å². The van der Waals surface area contributed by atoms with E-state index >= 15 is 0 Å². The predicted molar refractivity (Wildman–Crippen MR) is 51.5 cm³/mol. The van der Waals surface area contributed by atoms with Crippen molar-refractivity contribution >= 4 is 11.6 Å². The first-order valence-electron chi connectivity index (χ1n) is 4.31. The lowest BCUT2D eigenvalue weighted by atomic mass is 10.1. The summed E-state index contributed by atoms with van der Waals surface area (Å²) in [6.45, 7) is 7.35. The summed E-state index contributed by atoms with van der Waals surface area (Å²) in [5.74, 6) is 1.06. The SMILES string of the molecule is CCn1ncc(CCl)c1C(C)C. The van der Waals surface area contributed by atoms with E-state index in [-0.39, 0.29) is 0 Å². The van der Waals surface area contributed by atoms with Crippen LogP contribution in [0.25, 0.3) is 0 Å². The van der Waals surface area contributed by atoms with Crippen molar-refractivity contribution in [3.8, 4) is 0 Å². The normalized spacial score (nSPS) is 11.1. The van der Waals surface area contributed by atoms with Crippen LogP contribution in [-0.4, -0.2) is 9.78 Å². The second-order valence-electron chi connectivity index (χ2n) is 3.16. The largest absolute Gasteiger partial charge is 0.269 e. The monoisotopic (exact) mass is 186 g/mol. The van der Waals surface area contributed by atoms with Gasteiger partial charge in [0.15, 0.2) is 0 Å². The highest BCUT2D eigenvalue weighted by Gasteiger charge is 2.11. The summed E-state index contributed by atoms with van der Waals surface area (Å²) in [6, 6.07) is 0. The maximum absolute atomic E-state index is 5.79. The molecular formula is C9H15ClN2. The Morgan fingerprint density at radius 2 is 2.25 bits per heavy atom. The number of halogens is 1. The molecule has 0 aromatic carbocycles. The van der Waals surface area contributed by atoms with Gasteiger partial charge in [-0.3, -0.25) is 4.68 Å². The van der Waals surface area contributed by atoms with Gasteiger partial charge in [-0.25, -0.2) is 0 Å². The van der Waals surface area contributed by atoms with E-state index in [1.54, 1.807) is 0 Å². The molecule has 0 saturated heterocycles. The van der Waals surface area contributed by atoms with Gasteiger partial charge in [0, 0.05) is 17.8 Å². The molecule has 0 N–H and O–H groups in total. The number of rotatable bonds is 3. The van der Waals surface area contributed by atoms with Crippen LogP contribution >= 0.6 is 11.6 Å². The van der Waals surface area contributed by atoms with Gasteiger partial charge in [-0.05, 0) is 12.8 Å². The van der Waals surface area contributed by atoms with Gasteiger partial charge in [0.2, 0.25) is 0 Å². The van der Waals surface area contributed by atoms with Gasteiger partial charge < -0.3 is 0 Å². The van der Waals surface area contributed by atoms with E-state index in [1.165, 1.54) is 5.69 Å². The predicted octanol–water partition coefficient (Wildman–Crippen LogP) is 2.77. The summed E-state index contributed by atoms with van der Waals surface area (Å²) in [5, 5.41) is 4.26. The molecule has 3 heteroatoms. The number of aryl methyl sites for hydroxylation is 1. The van der Waals surface area contributed by atoms with E-state index in [0.717, 1.165) is 12.1 Å². The smallest absolute Gasteiger partial charge is 0.0536 e. The molecular weight excluding hydrogens is 172 g/mol. The lowest BCUT2D eigenvalue weighted by molar-refractivity contribution is 0.596. The number of hydrogen-bond donors (Lipinski definition) is 0. The van der Waals surface area contributed by atoms with Gasteiger partial charge >= 0.3 is 0 Å². The first-order chi connectivity index (χ1) is 5.70. The fraction of sp³-hybridized carbons (Fsp3) is 0.667. The summed E-state index contributed by atoms with van der Waals surface area (Å²) in [4.78, 5) is 0. The first kappa shape index (κ1) is 9.59. The van der Waals surface area contributed by atoms with Gasteiger partial charge in [-0.15, -0.1) is 11.6 Å². The highest BCUT2D eigenvalue weighted by Crippen LogP contribution is 2.20.